The molecule has 2 heterocycles. The molecule has 0 spiro atoms. The van der Waals surface area contributed by atoms with Crippen molar-refractivity contribution in [2.45, 2.75) is 38.3 Å². The summed E-state index contributed by atoms with van der Waals surface area (Å²) in [7, 11) is -3.97. The third-order valence-electron chi connectivity index (χ3n) is 4.56. The average molecular weight is 458 g/mol. The van der Waals surface area contributed by atoms with Crippen LogP contribution in [-0.4, -0.2) is 36.4 Å². The molecular formula is C21H23N5O5S. The van der Waals surface area contributed by atoms with E-state index < -0.39 is 22.0 Å². The van der Waals surface area contributed by atoms with Crippen molar-refractivity contribution in [3.63, 3.8) is 0 Å². The highest BCUT2D eigenvalue weighted by atomic mass is 32.2. The van der Waals surface area contributed by atoms with Crippen molar-refractivity contribution >= 4 is 27.5 Å². The summed E-state index contributed by atoms with van der Waals surface area (Å²) >= 11 is 0. The second kappa shape index (κ2) is 9.71. The fraction of sp³-hybridized carbons (Fsp3) is 0.238. The first-order valence-corrected chi connectivity index (χ1v) is 11.2. The molecule has 168 valence electrons. The molecule has 0 fully saturated rings. The molecule has 3 N–H and O–H groups in total. The summed E-state index contributed by atoms with van der Waals surface area (Å²) in [6.45, 7) is 4.58. The summed E-state index contributed by atoms with van der Waals surface area (Å²) in [6.07, 6.45) is 3.06. The Labute approximate surface area is 185 Å². The quantitative estimate of drug-likeness (QED) is 0.469. The van der Waals surface area contributed by atoms with Gasteiger partial charge in [0.15, 0.2) is 5.76 Å². The highest BCUT2D eigenvalue weighted by Gasteiger charge is 2.28. The van der Waals surface area contributed by atoms with E-state index >= 15 is 0 Å². The van der Waals surface area contributed by atoms with Crippen molar-refractivity contribution in [1.29, 1.82) is 0 Å². The van der Waals surface area contributed by atoms with E-state index in [1.54, 1.807) is 36.4 Å². The number of anilines is 1. The van der Waals surface area contributed by atoms with Gasteiger partial charge in [-0.3, -0.25) is 14.6 Å². The predicted molar refractivity (Wildman–Crippen MR) is 116 cm³/mol. The second-order valence-corrected chi connectivity index (χ2v) is 8.76. The Balaban J connectivity index is 1.59. The van der Waals surface area contributed by atoms with Gasteiger partial charge in [0, 0.05) is 30.2 Å². The molecule has 2 amide bonds. The van der Waals surface area contributed by atoms with Gasteiger partial charge in [-0.05, 0) is 50.6 Å². The fourth-order valence-electron chi connectivity index (χ4n) is 3.01. The van der Waals surface area contributed by atoms with Crippen molar-refractivity contribution in [1.82, 2.24) is 20.2 Å². The van der Waals surface area contributed by atoms with Gasteiger partial charge in [0.2, 0.25) is 15.9 Å². The number of hydrogen-bond donors (Lipinski definition) is 3. The summed E-state index contributed by atoms with van der Waals surface area (Å²) in [5, 5.41) is 9.09. The smallest absolute Gasteiger partial charge is 0.255 e. The number of hydrogen-bond acceptors (Lipinski definition) is 7. The minimum atomic E-state index is -3.97. The molecule has 0 unspecified atom stereocenters. The normalized spacial score (nSPS) is 12.2. The summed E-state index contributed by atoms with van der Waals surface area (Å²) in [5.41, 5.74) is 1.98. The zero-order valence-electron chi connectivity index (χ0n) is 17.7. The number of nitrogens with one attached hydrogen (secondary N) is 3. The van der Waals surface area contributed by atoms with Gasteiger partial charge < -0.3 is 15.2 Å². The van der Waals surface area contributed by atoms with Crippen LogP contribution in [0.4, 0.5) is 5.69 Å². The minimum absolute atomic E-state index is 0.0743. The Kier molecular flexibility index (Phi) is 7.01. The number of sulfonamides is 1. The Morgan fingerprint density at radius 3 is 2.50 bits per heavy atom. The standard InChI is InChI=1S/C21H23N5O5S/c1-13-19(15(3)31-25-13)32(29,30)26-14(2)20(27)23-12-16-5-4-6-18(11-16)24-21(28)17-7-9-22-10-8-17/h4-11,14,26H,12H2,1-3H3,(H,23,27)(H,24,28)/t14-/m0/s1. The van der Waals surface area contributed by atoms with E-state index in [2.05, 4.69) is 25.5 Å². The largest absolute Gasteiger partial charge is 0.360 e. The SMILES string of the molecule is Cc1noc(C)c1S(=O)(=O)N[C@@H](C)C(=O)NCc1cccc(NC(=O)c2ccncc2)c1. The van der Waals surface area contributed by atoms with Crippen molar-refractivity contribution in [3.05, 3.63) is 71.4 Å². The molecule has 0 aliphatic rings. The highest BCUT2D eigenvalue weighted by molar-refractivity contribution is 7.89. The first-order valence-electron chi connectivity index (χ1n) is 9.70. The zero-order valence-corrected chi connectivity index (χ0v) is 18.6. The number of nitrogens with zero attached hydrogens (tertiary/aromatic N) is 2. The van der Waals surface area contributed by atoms with E-state index in [1.807, 2.05) is 0 Å². The molecule has 0 saturated carbocycles. The van der Waals surface area contributed by atoms with Crippen molar-refractivity contribution < 1.29 is 22.5 Å². The van der Waals surface area contributed by atoms with Gasteiger partial charge in [-0.25, -0.2) is 8.42 Å². The number of rotatable bonds is 8. The van der Waals surface area contributed by atoms with Gasteiger partial charge in [0.25, 0.3) is 5.91 Å². The lowest BCUT2D eigenvalue weighted by Crippen LogP contribution is -2.44. The molecule has 3 rings (SSSR count). The number of aromatic nitrogens is 2. The van der Waals surface area contributed by atoms with Crippen LogP contribution in [0.25, 0.3) is 0 Å². The van der Waals surface area contributed by atoms with E-state index in [9.17, 15) is 18.0 Å². The van der Waals surface area contributed by atoms with Crippen molar-refractivity contribution in [2.75, 3.05) is 5.32 Å². The van der Waals surface area contributed by atoms with Crippen LogP contribution in [0.15, 0.2) is 58.2 Å². The van der Waals surface area contributed by atoms with Crippen LogP contribution in [-0.2, 0) is 21.4 Å². The lowest BCUT2D eigenvalue weighted by Gasteiger charge is -2.15. The Morgan fingerprint density at radius 1 is 1.12 bits per heavy atom. The number of amides is 2. The number of carbonyl (C=O) groups excluding carboxylic acids is 2. The van der Waals surface area contributed by atoms with E-state index in [1.165, 1.54) is 33.2 Å². The van der Waals surface area contributed by atoms with E-state index in [0.717, 1.165) is 5.56 Å². The topological polar surface area (TPSA) is 143 Å². The molecule has 32 heavy (non-hydrogen) atoms. The number of aryl methyl sites for hydroxylation is 2. The Morgan fingerprint density at radius 2 is 1.84 bits per heavy atom. The number of pyridine rings is 1. The molecule has 0 aliphatic carbocycles. The summed E-state index contributed by atoms with van der Waals surface area (Å²) in [6, 6.07) is 9.15. The summed E-state index contributed by atoms with van der Waals surface area (Å²) in [4.78, 5) is 28.5. The third-order valence-corrected chi connectivity index (χ3v) is 6.34. The lowest BCUT2D eigenvalue weighted by atomic mass is 10.2. The minimum Gasteiger partial charge on any atom is -0.360 e. The molecular weight excluding hydrogens is 434 g/mol. The maximum atomic E-state index is 12.6. The second-order valence-electron chi connectivity index (χ2n) is 7.10. The number of carbonyl (C=O) groups is 2. The predicted octanol–water partition coefficient (Wildman–Crippen LogP) is 1.92. The first kappa shape index (κ1) is 23.1. The maximum absolute atomic E-state index is 12.6. The molecule has 0 saturated heterocycles. The molecule has 1 aromatic carbocycles. The Hall–Kier alpha value is -3.57. The molecule has 0 aliphatic heterocycles. The monoisotopic (exact) mass is 457 g/mol. The van der Waals surface area contributed by atoms with Crippen LogP contribution in [0, 0.1) is 13.8 Å². The van der Waals surface area contributed by atoms with E-state index in [0.29, 0.717) is 11.3 Å². The molecule has 3 aromatic rings. The zero-order chi connectivity index (χ0) is 23.3. The van der Waals surface area contributed by atoms with Crippen LogP contribution < -0.4 is 15.4 Å². The van der Waals surface area contributed by atoms with Gasteiger partial charge in [-0.15, -0.1) is 0 Å². The van der Waals surface area contributed by atoms with Crippen LogP contribution in [0.3, 0.4) is 0 Å². The molecule has 0 bridgehead atoms. The van der Waals surface area contributed by atoms with Crippen LogP contribution in [0.5, 0.6) is 0 Å². The highest BCUT2D eigenvalue weighted by Crippen LogP contribution is 2.19. The Bertz CT molecular complexity index is 1200. The van der Waals surface area contributed by atoms with Crippen molar-refractivity contribution in [3.8, 4) is 0 Å². The van der Waals surface area contributed by atoms with Crippen LogP contribution in [0.1, 0.15) is 34.3 Å². The van der Waals surface area contributed by atoms with Gasteiger partial charge in [0.1, 0.15) is 10.6 Å². The summed E-state index contributed by atoms with van der Waals surface area (Å²) in [5.74, 6) is -0.643. The molecule has 11 heteroatoms. The van der Waals surface area contributed by atoms with E-state index in [-0.39, 0.29) is 28.8 Å². The third kappa shape index (κ3) is 5.56. The van der Waals surface area contributed by atoms with Gasteiger partial charge in [0.05, 0.1) is 6.04 Å². The molecule has 10 nitrogen and oxygen atoms in total. The number of benzene rings is 1. The van der Waals surface area contributed by atoms with Gasteiger partial charge in [-0.1, -0.05) is 17.3 Å². The van der Waals surface area contributed by atoms with E-state index in [4.69, 9.17) is 4.52 Å². The van der Waals surface area contributed by atoms with Gasteiger partial charge >= 0.3 is 0 Å². The molecule has 2 aromatic heterocycles. The average Bonchev–Trinajstić information content (AvgIpc) is 3.11. The molecule has 1 atom stereocenters. The van der Waals surface area contributed by atoms with Crippen LogP contribution >= 0.6 is 0 Å². The van der Waals surface area contributed by atoms with Crippen molar-refractivity contribution in [2.24, 2.45) is 0 Å². The maximum Gasteiger partial charge on any atom is 0.255 e. The fourth-order valence-corrected chi connectivity index (χ4v) is 4.54. The lowest BCUT2D eigenvalue weighted by molar-refractivity contribution is -0.122. The summed E-state index contributed by atoms with van der Waals surface area (Å²) < 4.78 is 32.3. The van der Waals surface area contributed by atoms with Gasteiger partial charge in [-0.2, -0.15) is 4.72 Å². The first-order chi connectivity index (χ1) is 15.2. The molecule has 0 radical (unpaired) electrons. The van der Waals surface area contributed by atoms with Crippen LogP contribution in [0.2, 0.25) is 0 Å².